The van der Waals surface area contributed by atoms with E-state index in [2.05, 4.69) is 13.8 Å². The summed E-state index contributed by atoms with van der Waals surface area (Å²) in [6, 6.07) is 3.48. The summed E-state index contributed by atoms with van der Waals surface area (Å²) >= 11 is 6.13. The van der Waals surface area contributed by atoms with Crippen molar-refractivity contribution in [3.05, 3.63) is 22.7 Å². The van der Waals surface area contributed by atoms with Gasteiger partial charge in [-0.25, -0.2) is 0 Å². The lowest BCUT2D eigenvalue weighted by atomic mass is 10.1. The van der Waals surface area contributed by atoms with E-state index < -0.39 is 0 Å². The van der Waals surface area contributed by atoms with Gasteiger partial charge in [0.25, 0.3) is 5.91 Å². The zero-order valence-electron chi connectivity index (χ0n) is 12.3. The van der Waals surface area contributed by atoms with Crippen molar-refractivity contribution >= 4 is 17.5 Å². The number of fused-ring (bicyclic) bond motifs is 1. The van der Waals surface area contributed by atoms with Crippen LogP contribution < -0.4 is 9.47 Å². The molecule has 0 saturated carbocycles. The average molecular weight is 298 g/mol. The normalized spacial score (nSPS) is 13.2. The molecule has 0 saturated heterocycles. The van der Waals surface area contributed by atoms with Crippen molar-refractivity contribution in [1.29, 1.82) is 0 Å². The summed E-state index contributed by atoms with van der Waals surface area (Å²) < 4.78 is 10.6. The molecule has 0 atom stereocenters. The first-order valence-electron chi connectivity index (χ1n) is 6.80. The topological polar surface area (TPSA) is 38.8 Å². The molecule has 0 bridgehead atoms. The van der Waals surface area contributed by atoms with Crippen LogP contribution in [-0.4, -0.2) is 30.2 Å². The van der Waals surface area contributed by atoms with E-state index in [1.165, 1.54) is 0 Å². The summed E-state index contributed by atoms with van der Waals surface area (Å²) in [6.07, 6.45) is 0. The molecule has 1 heterocycles. The highest BCUT2D eigenvalue weighted by Crippen LogP contribution is 2.40. The Labute approximate surface area is 124 Å². The van der Waals surface area contributed by atoms with Gasteiger partial charge in [-0.1, -0.05) is 25.4 Å². The van der Waals surface area contributed by atoms with Crippen LogP contribution in [0.2, 0.25) is 5.02 Å². The van der Waals surface area contributed by atoms with E-state index in [9.17, 15) is 4.79 Å². The van der Waals surface area contributed by atoms with Crippen LogP contribution in [0.25, 0.3) is 0 Å². The van der Waals surface area contributed by atoms with Gasteiger partial charge in [0.15, 0.2) is 11.5 Å². The number of hydrogen-bond acceptors (Lipinski definition) is 3. The minimum atomic E-state index is -0.0334. The van der Waals surface area contributed by atoms with Crippen LogP contribution in [0.5, 0.6) is 11.5 Å². The van der Waals surface area contributed by atoms with Crippen LogP contribution in [0, 0.1) is 5.92 Å². The molecule has 0 aromatic heterocycles. The number of carbonyl (C=O) groups is 1. The molecule has 0 radical (unpaired) electrons. The number of hydrogen-bond donors (Lipinski definition) is 0. The van der Waals surface area contributed by atoms with Gasteiger partial charge in [-0.3, -0.25) is 4.79 Å². The maximum Gasteiger partial charge on any atom is 0.254 e. The molecule has 5 heteroatoms. The van der Waals surface area contributed by atoms with Crippen molar-refractivity contribution < 1.29 is 14.3 Å². The van der Waals surface area contributed by atoms with Crippen LogP contribution in [0.1, 0.15) is 38.1 Å². The molecular formula is C15H20ClNO3. The Morgan fingerprint density at radius 2 is 2.00 bits per heavy atom. The molecule has 0 aliphatic carbocycles. The number of ether oxygens (including phenoxy) is 2. The number of nitrogens with zero attached hydrogens (tertiary/aromatic N) is 1. The first kappa shape index (κ1) is 15.0. The second kappa shape index (κ2) is 5.92. The van der Waals surface area contributed by atoms with Gasteiger partial charge in [0.1, 0.15) is 0 Å². The third-order valence-electron chi connectivity index (χ3n) is 3.12. The summed E-state index contributed by atoms with van der Waals surface area (Å²) in [5.74, 6) is 1.43. The summed E-state index contributed by atoms with van der Waals surface area (Å²) in [5, 5.41) is 0.414. The van der Waals surface area contributed by atoms with Crippen molar-refractivity contribution in [3.63, 3.8) is 0 Å². The van der Waals surface area contributed by atoms with Gasteiger partial charge in [0, 0.05) is 18.2 Å². The Bertz CT molecular complexity index is 514. The average Bonchev–Trinajstić information content (AvgIpc) is 2.83. The van der Waals surface area contributed by atoms with E-state index in [0.717, 1.165) is 0 Å². The minimum Gasteiger partial charge on any atom is -0.454 e. The van der Waals surface area contributed by atoms with E-state index in [-0.39, 0.29) is 18.7 Å². The molecule has 0 spiro atoms. The van der Waals surface area contributed by atoms with Crippen LogP contribution in [0.4, 0.5) is 0 Å². The van der Waals surface area contributed by atoms with Crippen molar-refractivity contribution in [1.82, 2.24) is 4.90 Å². The van der Waals surface area contributed by atoms with Gasteiger partial charge in [-0.2, -0.15) is 0 Å². The summed E-state index contributed by atoms with van der Waals surface area (Å²) in [6.45, 7) is 9.06. The maximum atomic E-state index is 12.6. The third-order valence-corrected chi connectivity index (χ3v) is 3.40. The summed E-state index contributed by atoms with van der Waals surface area (Å²) in [4.78, 5) is 14.5. The summed E-state index contributed by atoms with van der Waals surface area (Å²) in [7, 11) is 0. The zero-order chi connectivity index (χ0) is 14.9. The van der Waals surface area contributed by atoms with Crippen molar-refractivity contribution in [2.45, 2.75) is 33.7 Å². The quantitative estimate of drug-likeness (QED) is 0.853. The largest absolute Gasteiger partial charge is 0.454 e. The highest BCUT2D eigenvalue weighted by molar-refractivity contribution is 6.32. The number of halogens is 1. The molecule has 1 aromatic rings. The standard InChI is InChI=1S/C15H20ClNO3/c1-9(2)7-17(10(3)4)15(18)11-5-12(16)14-13(6-11)19-8-20-14/h5-6,9-10H,7-8H2,1-4H3. The van der Waals surface area contributed by atoms with E-state index in [4.69, 9.17) is 21.1 Å². The number of carbonyl (C=O) groups excluding carboxylic acids is 1. The predicted molar refractivity (Wildman–Crippen MR) is 78.6 cm³/mol. The van der Waals surface area contributed by atoms with E-state index >= 15 is 0 Å². The van der Waals surface area contributed by atoms with Gasteiger partial charge in [0.2, 0.25) is 6.79 Å². The highest BCUT2D eigenvalue weighted by Gasteiger charge is 2.24. The molecule has 0 unspecified atom stereocenters. The second-order valence-electron chi connectivity index (χ2n) is 5.64. The first-order valence-corrected chi connectivity index (χ1v) is 7.18. The van der Waals surface area contributed by atoms with Crippen LogP contribution >= 0.6 is 11.6 Å². The number of benzene rings is 1. The maximum absolute atomic E-state index is 12.6. The lowest BCUT2D eigenvalue weighted by molar-refractivity contribution is 0.0681. The monoisotopic (exact) mass is 297 g/mol. The second-order valence-corrected chi connectivity index (χ2v) is 6.04. The Kier molecular flexibility index (Phi) is 4.43. The van der Waals surface area contributed by atoms with Crippen molar-refractivity contribution in [2.75, 3.05) is 13.3 Å². The van der Waals surface area contributed by atoms with Gasteiger partial charge < -0.3 is 14.4 Å². The van der Waals surface area contributed by atoms with Crippen molar-refractivity contribution in [2.24, 2.45) is 5.92 Å². The molecule has 0 fully saturated rings. The minimum absolute atomic E-state index is 0.0334. The van der Waals surface area contributed by atoms with Gasteiger partial charge in [-0.15, -0.1) is 0 Å². The molecule has 110 valence electrons. The fourth-order valence-corrected chi connectivity index (χ4v) is 2.44. The van der Waals surface area contributed by atoms with Gasteiger partial charge in [-0.05, 0) is 31.9 Å². The SMILES string of the molecule is CC(C)CN(C(=O)c1cc(Cl)c2c(c1)OCO2)C(C)C. The molecule has 20 heavy (non-hydrogen) atoms. The number of amides is 1. The fraction of sp³-hybridized carbons (Fsp3) is 0.533. The first-order chi connectivity index (χ1) is 9.40. The Morgan fingerprint density at radius 3 is 2.60 bits per heavy atom. The molecule has 1 aliphatic heterocycles. The molecule has 2 rings (SSSR count). The van der Waals surface area contributed by atoms with E-state index in [1.807, 2.05) is 18.7 Å². The predicted octanol–water partition coefficient (Wildman–Crippen LogP) is 3.58. The van der Waals surface area contributed by atoms with Crippen LogP contribution in [0.15, 0.2) is 12.1 Å². The lowest BCUT2D eigenvalue weighted by Crippen LogP contribution is -2.39. The molecule has 0 N–H and O–H groups in total. The van der Waals surface area contributed by atoms with Gasteiger partial charge >= 0.3 is 0 Å². The lowest BCUT2D eigenvalue weighted by Gasteiger charge is -2.28. The molecule has 1 amide bonds. The third kappa shape index (κ3) is 3.01. The molecule has 4 nitrogen and oxygen atoms in total. The Morgan fingerprint density at radius 1 is 1.30 bits per heavy atom. The highest BCUT2D eigenvalue weighted by atomic mass is 35.5. The molecule has 1 aliphatic rings. The number of rotatable bonds is 4. The van der Waals surface area contributed by atoms with E-state index in [0.29, 0.717) is 34.5 Å². The van der Waals surface area contributed by atoms with Crippen LogP contribution in [0.3, 0.4) is 0 Å². The molecular weight excluding hydrogens is 278 g/mol. The smallest absolute Gasteiger partial charge is 0.254 e. The zero-order valence-corrected chi connectivity index (χ0v) is 13.0. The fourth-order valence-electron chi connectivity index (χ4n) is 2.18. The van der Waals surface area contributed by atoms with Crippen LogP contribution in [-0.2, 0) is 0 Å². The summed E-state index contributed by atoms with van der Waals surface area (Å²) in [5.41, 5.74) is 0.536. The Hall–Kier alpha value is -1.42. The van der Waals surface area contributed by atoms with E-state index in [1.54, 1.807) is 12.1 Å². The van der Waals surface area contributed by atoms with Crippen molar-refractivity contribution in [3.8, 4) is 11.5 Å². The Balaban J connectivity index is 2.30. The van der Waals surface area contributed by atoms with Gasteiger partial charge in [0.05, 0.1) is 5.02 Å². The molecule has 1 aromatic carbocycles.